The Morgan fingerprint density at radius 2 is 2.21 bits per heavy atom. The van der Waals surface area contributed by atoms with Gasteiger partial charge in [-0.05, 0) is 26.7 Å². The number of amides is 1. The third-order valence-corrected chi connectivity index (χ3v) is 3.73. The standard InChI is InChI=1S/C13H19N3O3/c1-8-11(9(2)15-14-8)6-12(17)16-5-3-4-10(7-16)13(18)19/h10H,3-7H2,1-2H3,(H,14,15)(H,18,19)/t10-/m0/s1. The van der Waals surface area contributed by atoms with Gasteiger partial charge in [0, 0.05) is 24.3 Å². The van der Waals surface area contributed by atoms with E-state index in [1.54, 1.807) is 4.90 Å². The van der Waals surface area contributed by atoms with Crippen molar-refractivity contribution in [2.75, 3.05) is 13.1 Å². The Morgan fingerprint density at radius 3 is 2.79 bits per heavy atom. The number of carboxylic acid groups (broad SMARTS) is 1. The van der Waals surface area contributed by atoms with Crippen LogP contribution in [0.2, 0.25) is 0 Å². The molecule has 104 valence electrons. The van der Waals surface area contributed by atoms with Gasteiger partial charge < -0.3 is 10.0 Å². The Hall–Kier alpha value is -1.85. The molecular weight excluding hydrogens is 246 g/mol. The van der Waals surface area contributed by atoms with Crippen molar-refractivity contribution in [1.82, 2.24) is 15.1 Å². The largest absolute Gasteiger partial charge is 0.481 e. The number of aliphatic carboxylic acids is 1. The Kier molecular flexibility index (Phi) is 3.87. The maximum atomic E-state index is 12.2. The molecule has 0 aliphatic carbocycles. The highest BCUT2D eigenvalue weighted by Gasteiger charge is 2.28. The van der Waals surface area contributed by atoms with E-state index < -0.39 is 11.9 Å². The van der Waals surface area contributed by atoms with E-state index in [0.29, 0.717) is 25.9 Å². The number of piperidine rings is 1. The van der Waals surface area contributed by atoms with E-state index in [-0.39, 0.29) is 5.91 Å². The minimum absolute atomic E-state index is 0.0152. The average molecular weight is 265 g/mol. The first-order chi connectivity index (χ1) is 8.99. The summed E-state index contributed by atoms with van der Waals surface area (Å²) < 4.78 is 0. The number of aromatic nitrogens is 2. The minimum atomic E-state index is -0.812. The van der Waals surface area contributed by atoms with Crippen molar-refractivity contribution in [3.8, 4) is 0 Å². The lowest BCUT2D eigenvalue weighted by Crippen LogP contribution is -2.43. The normalized spacial score (nSPS) is 19.5. The SMILES string of the molecule is Cc1n[nH]c(C)c1CC(=O)N1CCC[C@H](C(=O)O)C1. The molecule has 1 aliphatic heterocycles. The molecule has 1 fully saturated rings. The van der Waals surface area contributed by atoms with Crippen molar-refractivity contribution in [1.29, 1.82) is 0 Å². The Balaban J connectivity index is 2.02. The molecule has 0 aromatic carbocycles. The van der Waals surface area contributed by atoms with Gasteiger partial charge >= 0.3 is 5.97 Å². The molecule has 1 aromatic heterocycles. The molecule has 1 atom stereocenters. The second kappa shape index (κ2) is 5.42. The van der Waals surface area contributed by atoms with Crippen molar-refractivity contribution in [2.24, 2.45) is 5.92 Å². The summed E-state index contributed by atoms with van der Waals surface area (Å²) in [5.74, 6) is -1.25. The third kappa shape index (κ3) is 2.94. The molecule has 0 radical (unpaired) electrons. The highest BCUT2D eigenvalue weighted by Crippen LogP contribution is 2.19. The minimum Gasteiger partial charge on any atom is -0.481 e. The van der Waals surface area contributed by atoms with Gasteiger partial charge in [-0.3, -0.25) is 14.7 Å². The number of nitrogens with zero attached hydrogens (tertiary/aromatic N) is 2. The van der Waals surface area contributed by atoms with Crippen LogP contribution in [-0.4, -0.2) is 45.2 Å². The molecular formula is C13H19N3O3. The van der Waals surface area contributed by atoms with Crippen molar-refractivity contribution in [2.45, 2.75) is 33.1 Å². The van der Waals surface area contributed by atoms with E-state index in [1.165, 1.54) is 0 Å². The number of aromatic amines is 1. The molecule has 1 amide bonds. The summed E-state index contributed by atoms with van der Waals surface area (Å²) in [6.07, 6.45) is 1.70. The van der Waals surface area contributed by atoms with Gasteiger partial charge in [-0.25, -0.2) is 0 Å². The zero-order valence-electron chi connectivity index (χ0n) is 11.3. The first-order valence-corrected chi connectivity index (χ1v) is 6.50. The molecule has 0 bridgehead atoms. The molecule has 6 heteroatoms. The highest BCUT2D eigenvalue weighted by molar-refractivity contribution is 5.80. The fourth-order valence-electron chi connectivity index (χ4n) is 2.50. The van der Waals surface area contributed by atoms with Crippen LogP contribution < -0.4 is 0 Å². The first kappa shape index (κ1) is 13.6. The van der Waals surface area contributed by atoms with Crippen LogP contribution >= 0.6 is 0 Å². The quantitative estimate of drug-likeness (QED) is 0.850. The maximum absolute atomic E-state index is 12.2. The zero-order valence-corrected chi connectivity index (χ0v) is 11.3. The third-order valence-electron chi connectivity index (χ3n) is 3.73. The summed E-state index contributed by atoms with van der Waals surface area (Å²) >= 11 is 0. The fraction of sp³-hybridized carbons (Fsp3) is 0.615. The van der Waals surface area contributed by atoms with Crippen molar-refractivity contribution in [3.63, 3.8) is 0 Å². The lowest BCUT2D eigenvalue weighted by Gasteiger charge is -2.30. The van der Waals surface area contributed by atoms with Crippen LogP contribution in [0.3, 0.4) is 0 Å². The van der Waals surface area contributed by atoms with Crippen LogP contribution in [-0.2, 0) is 16.0 Å². The van der Waals surface area contributed by atoms with Gasteiger partial charge in [0.15, 0.2) is 0 Å². The van der Waals surface area contributed by atoms with Gasteiger partial charge in [-0.1, -0.05) is 0 Å². The zero-order chi connectivity index (χ0) is 14.0. The Morgan fingerprint density at radius 1 is 1.47 bits per heavy atom. The molecule has 6 nitrogen and oxygen atoms in total. The van der Waals surface area contributed by atoms with Gasteiger partial charge in [-0.2, -0.15) is 5.10 Å². The lowest BCUT2D eigenvalue weighted by atomic mass is 9.97. The van der Waals surface area contributed by atoms with Crippen molar-refractivity contribution in [3.05, 3.63) is 17.0 Å². The maximum Gasteiger partial charge on any atom is 0.308 e. The molecule has 1 aromatic rings. The lowest BCUT2D eigenvalue weighted by molar-refractivity contribution is -0.145. The van der Waals surface area contributed by atoms with Gasteiger partial charge in [-0.15, -0.1) is 0 Å². The number of aryl methyl sites for hydroxylation is 2. The monoisotopic (exact) mass is 265 g/mol. The van der Waals surface area contributed by atoms with E-state index in [4.69, 9.17) is 5.11 Å². The van der Waals surface area contributed by atoms with Crippen LogP contribution in [0.1, 0.15) is 29.8 Å². The first-order valence-electron chi connectivity index (χ1n) is 6.50. The second-order valence-electron chi connectivity index (χ2n) is 5.11. The van der Waals surface area contributed by atoms with Crippen molar-refractivity contribution < 1.29 is 14.7 Å². The van der Waals surface area contributed by atoms with E-state index in [0.717, 1.165) is 23.4 Å². The number of nitrogens with one attached hydrogen (secondary N) is 1. The number of hydrogen-bond donors (Lipinski definition) is 2. The van der Waals surface area contributed by atoms with Crippen LogP contribution in [0.15, 0.2) is 0 Å². The number of carboxylic acids is 1. The molecule has 1 aliphatic rings. The number of carbonyl (C=O) groups excluding carboxylic acids is 1. The molecule has 2 rings (SSSR count). The summed E-state index contributed by atoms with van der Waals surface area (Å²) in [5, 5.41) is 16.0. The van der Waals surface area contributed by atoms with Gasteiger partial charge in [0.05, 0.1) is 18.0 Å². The van der Waals surface area contributed by atoms with E-state index >= 15 is 0 Å². The second-order valence-corrected chi connectivity index (χ2v) is 5.11. The number of rotatable bonds is 3. The van der Waals surface area contributed by atoms with Gasteiger partial charge in [0.25, 0.3) is 0 Å². The van der Waals surface area contributed by atoms with E-state index in [9.17, 15) is 9.59 Å². The summed E-state index contributed by atoms with van der Waals surface area (Å²) in [7, 11) is 0. The topological polar surface area (TPSA) is 86.3 Å². The fourth-order valence-corrected chi connectivity index (χ4v) is 2.50. The molecule has 2 heterocycles. The summed E-state index contributed by atoms with van der Waals surface area (Å²) in [4.78, 5) is 24.9. The number of carbonyl (C=O) groups is 2. The number of likely N-dealkylation sites (tertiary alicyclic amines) is 1. The summed E-state index contributed by atoms with van der Waals surface area (Å²) in [6.45, 7) is 4.73. The van der Waals surface area contributed by atoms with Gasteiger partial charge in [0.1, 0.15) is 0 Å². The molecule has 1 saturated heterocycles. The van der Waals surface area contributed by atoms with Crippen LogP contribution in [0.5, 0.6) is 0 Å². The number of hydrogen-bond acceptors (Lipinski definition) is 3. The predicted molar refractivity (Wildman–Crippen MR) is 68.7 cm³/mol. The molecule has 0 spiro atoms. The van der Waals surface area contributed by atoms with E-state index in [1.807, 2.05) is 13.8 Å². The van der Waals surface area contributed by atoms with Crippen LogP contribution in [0.25, 0.3) is 0 Å². The van der Waals surface area contributed by atoms with E-state index in [2.05, 4.69) is 10.2 Å². The summed E-state index contributed by atoms with van der Waals surface area (Å²) in [5.41, 5.74) is 2.65. The molecule has 19 heavy (non-hydrogen) atoms. The smallest absolute Gasteiger partial charge is 0.308 e. The highest BCUT2D eigenvalue weighted by atomic mass is 16.4. The van der Waals surface area contributed by atoms with Crippen LogP contribution in [0, 0.1) is 19.8 Å². The average Bonchev–Trinajstić information content (AvgIpc) is 2.70. The number of H-pyrrole nitrogens is 1. The molecule has 0 unspecified atom stereocenters. The molecule has 0 saturated carbocycles. The predicted octanol–water partition coefficient (Wildman–Crippen LogP) is 0.892. The van der Waals surface area contributed by atoms with Gasteiger partial charge in [0.2, 0.25) is 5.91 Å². The van der Waals surface area contributed by atoms with Crippen LogP contribution in [0.4, 0.5) is 0 Å². The molecule has 2 N–H and O–H groups in total. The van der Waals surface area contributed by atoms with Crippen molar-refractivity contribution >= 4 is 11.9 Å². The Labute approximate surface area is 111 Å². The Bertz CT molecular complexity index is 476. The summed E-state index contributed by atoms with van der Waals surface area (Å²) in [6, 6.07) is 0.